The number of nitrogens with zero attached hydrogens (tertiary/aromatic N) is 3. The average molecular weight is 1770 g/mol. The minimum absolute atomic E-state index is 0.0000755. The van der Waals surface area contributed by atoms with Crippen LogP contribution in [0.25, 0.3) is 55.6 Å². The predicted molar refractivity (Wildman–Crippen MR) is 522 cm³/mol. The maximum absolute atomic E-state index is 12.3. The van der Waals surface area contributed by atoms with Crippen molar-refractivity contribution in [2.75, 3.05) is 69.6 Å². The van der Waals surface area contributed by atoms with E-state index in [2.05, 4.69) is 198 Å². The Balaban J connectivity index is 0.000000225. The van der Waals surface area contributed by atoms with Crippen LogP contribution in [-0.4, -0.2) is 71.4 Å². The lowest BCUT2D eigenvalue weighted by Gasteiger charge is -2.26. The Hall–Kier alpha value is -11.6. The van der Waals surface area contributed by atoms with Crippen LogP contribution < -0.4 is 33.6 Å². The van der Waals surface area contributed by atoms with E-state index in [1.807, 2.05) is 172 Å². The van der Waals surface area contributed by atoms with Crippen molar-refractivity contribution in [3.63, 3.8) is 0 Å². The molecule has 0 unspecified atom stereocenters. The summed E-state index contributed by atoms with van der Waals surface area (Å²) in [6.45, 7) is 14.6. The maximum atomic E-state index is 12.3. The Morgan fingerprint density at radius 3 is 0.864 bits per heavy atom. The maximum Gasteiger partial charge on any atom is 0.335 e. The molecule has 0 amide bonds. The van der Waals surface area contributed by atoms with Crippen LogP contribution in [0.3, 0.4) is 0 Å². The zero-order valence-electron chi connectivity index (χ0n) is 72.4. The van der Waals surface area contributed by atoms with Gasteiger partial charge in [-0.3, -0.25) is 13.9 Å². The Bertz CT molecular complexity index is 5240. The fourth-order valence-electron chi connectivity index (χ4n) is 13.1. The number of aliphatic hydroxyl groups is 2. The van der Waals surface area contributed by atoms with Gasteiger partial charge in [0.2, 0.25) is 0 Å². The lowest BCUT2D eigenvalue weighted by molar-refractivity contribution is 0.112. The van der Waals surface area contributed by atoms with Crippen molar-refractivity contribution in [1.82, 2.24) is 0 Å². The largest absolute Gasteiger partial charge is 0.497 e. The van der Waals surface area contributed by atoms with Crippen LogP contribution in [0.1, 0.15) is 114 Å². The van der Waals surface area contributed by atoms with Gasteiger partial charge in [0.25, 0.3) is 0 Å². The number of anilines is 9. The monoisotopic (exact) mass is 1770 g/mol. The van der Waals surface area contributed by atoms with Crippen LogP contribution in [-0.2, 0) is 53.4 Å². The van der Waals surface area contributed by atoms with E-state index in [4.69, 9.17) is 37.3 Å². The molecule has 0 saturated heterocycles. The molecule has 3 aromatic heterocycles. The highest BCUT2D eigenvalue weighted by atomic mass is 32.1. The molecule has 0 spiro atoms. The van der Waals surface area contributed by atoms with Crippen LogP contribution in [0.5, 0.6) is 23.0 Å². The number of carbonyl (C=O) groups excluding carboxylic acids is 1. The molecule has 3 heterocycles. The van der Waals surface area contributed by atoms with Crippen LogP contribution in [0.4, 0.5) is 51.2 Å². The first-order chi connectivity index (χ1) is 61.1. The smallest absolute Gasteiger partial charge is 0.335 e. The van der Waals surface area contributed by atoms with Gasteiger partial charge in [-0.25, -0.2) is 4.57 Å². The Labute approximate surface area is 750 Å². The molecule has 125 heavy (non-hydrogen) atoms. The molecule has 0 bridgehead atoms. The molecule has 0 atom stereocenters. The topological polar surface area (TPSA) is 175 Å². The number of thiophene rings is 3. The number of rotatable bonds is 36. The van der Waals surface area contributed by atoms with Crippen molar-refractivity contribution in [2.45, 2.75) is 86.8 Å². The first-order valence-electron chi connectivity index (χ1n) is 41.5. The van der Waals surface area contributed by atoms with Crippen molar-refractivity contribution in [3.8, 4) is 54.3 Å². The van der Waals surface area contributed by atoms with Crippen molar-refractivity contribution in [2.24, 2.45) is 0 Å². The number of aldehydes is 1. The summed E-state index contributed by atoms with van der Waals surface area (Å²) in [5, 5.41) is 19.2. The summed E-state index contributed by atoms with van der Waals surface area (Å²) in [6, 6.07) is 102. The minimum Gasteiger partial charge on any atom is -0.497 e. The van der Waals surface area contributed by atoms with Crippen LogP contribution in [0, 0.1) is 0 Å². The summed E-state index contributed by atoms with van der Waals surface area (Å²) < 4.78 is 64.0. The van der Waals surface area contributed by atoms with E-state index in [0.717, 1.165) is 148 Å². The Morgan fingerprint density at radius 1 is 0.336 bits per heavy atom. The van der Waals surface area contributed by atoms with Crippen molar-refractivity contribution < 1.29 is 61.4 Å². The van der Waals surface area contributed by atoms with E-state index in [0.29, 0.717) is 13.2 Å². The summed E-state index contributed by atoms with van der Waals surface area (Å²) in [6.07, 6.45) is 13.9. The molecular formula is C104H109N3O13P2S3. The summed E-state index contributed by atoms with van der Waals surface area (Å²) in [5.74, 6) is 3.26. The lowest BCUT2D eigenvalue weighted by atomic mass is 10.1. The molecule has 0 saturated carbocycles. The quantitative estimate of drug-likeness (QED) is 0.0280. The van der Waals surface area contributed by atoms with Gasteiger partial charge in [0.1, 0.15) is 23.0 Å². The first kappa shape index (κ1) is 95.6. The van der Waals surface area contributed by atoms with Crippen molar-refractivity contribution >= 4 is 132 Å². The third-order valence-corrected chi connectivity index (χ3v) is 25.1. The summed E-state index contributed by atoms with van der Waals surface area (Å²) in [5.41, 5.74) is 18.4. The molecule has 21 heteroatoms. The molecule has 0 fully saturated rings. The summed E-state index contributed by atoms with van der Waals surface area (Å²) in [4.78, 5) is 24.2. The number of hydrogen-bond acceptors (Lipinski definition) is 19. The Morgan fingerprint density at radius 2 is 0.616 bits per heavy atom. The number of benzene rings is 11. The van der Waals surface area contributed by atoms with E-state index in [-0.39, 0.29) is 34.7 Å². The number of carbonyl (C=O) groups is 1. The molecule has 2 N–H and O–H groups in total. The third kappa shape index (κ3) is 28.7. The SMILES string of the molecule is CCCCC.CCOCC.CCOP(=O)(Cc1ccc(COP=O)cc1)OCC.COc1ccc(N(c2ccc(OC)cc2)c2ccc(-c3ccc(/C=C/c4ccc(/C=C/c5ccc(-c6ccc(N(c7ccc(CO)cc7)c7ccc(CO)cc7)cc6)s5)cc4)s3)cc2)cc1.COc1ccc(N(c2ccc(OC)cc2)c2ccc(-c3ccc(C=O)s3)cc2)cc1. The van der Waals surface area contributed by atoms with Crippen molar-refractivity contribution in [3.05, 3.63) is 351 Å². The highest BCUT2D eigenvalue weighted by Gasteiger charge is 2.25. The van der Waals surface area contributed by atoms with Gasteiger partial charge in [-0.15, -0.1) is 34.0 Å². The van der Waals surface area contributed by atoms with Crippen molar-refractivity contribution in [1.29, 1.82) is 0 Å². The first-order valence-corrected chi connectivity index (χ1v) is 46.4. The van der Waals surface area contributed by atoms with Crippen LogP contribution in [0.15, 0.2) is 303 Å². The van der Waals surface area contributed by atoms with E-state index in [1.165, 1.54) is 55.7 Å². The number of unbranched alkanes of at least 4 members (excludes halogenated alkanes) is 2. The molecule has 0 aliphatic heterocycles. The van der Waals surface area contributed by atoms with Gasteiger partial charge >= 0.3 is 16.3 Å². The van der Waals surface area contributed by atoms with Gasteiger partial charge < -0.3 is 57.6 Å². The zero-order valence-corrected chi connectivity index (χ0v) is 76.6. The van der Waals surface area contributed by atoms with E-state index in [1.54, 1.807) is 65.0 Å². The molecule has 646 valence electrons. The highest BCUT2D eigenvalue weighted by molar-refractivity contribution is 7.53. The van der Waals surface area contributed by atoms with Gasteiger partial charge in [-0.1, -0.05) is 154 Å². The fourth-order valence-corrected chi connectivity index (χ4v) is 17.6. The van der Waals surface area contributed by atoms with Gasteiger partial charge in [-0.05, 0) is 284 Å². The summed E-state index contributed by atoms with van der Waals surface area (Å²) in [7, 11) is 3.29. The molecule has 11 aromatic carbocycles. The minimum atomic E-state index is -3.06. The van der Waals surface area contributed by atoms with Gasteiger partial charge in [0.15, 0.2) is 6.29 Å². The van der Waals surface area contributed by atoms with Gasteiger partial charge in [0.05, 0.1) is 72.5 Å². The third-order valence-electron chi connectivity index (χ3n) is 19.6. The molecule has 14 aromatic rings. The second-order valence-electron chi connectivity index (χ2n) is 28.0. The summed E-state index contributed by atoms with van der Waals surface area (Å²) >= 11 is 5.03. The standard InChI is InChI=1S/C58H48N2O4S2.C25H21NO3S.C12H18O5P2.C5H12.C4H10O/c1-63-53-29-25-51(26-30-53)60(52-27-31-54(64-2)32-28-52)50-23-15-46(16-24-50)58-38-36-56(66-58)34-12-42-5-3-41(4-6-42)11-33-55-35-37-57(65-55)45-13-21-49(22-14-45)59(47-17-7-43(39-61)8-18-47)48-19-9-44(40-62)10-20-48;1-28-22-11-7-20(8-12-22)26(21-9-13-23(29-2)14-10-21)19-5-3-18(4-6-19)25-16-15-24(17-27)30-25;1-3-16-19(14,17-4-2)10-12-7-5-11(6-8-12)9-15-18-13;2*1-3-5-4-2/h3-38,61-62H,39-40H2,1-2H3;3-17H,1-2H3;5-8H,3-4,9-10H2,1-2H3;3-5H2,1-2H3;3-4H2,1-2H3/b33-11+,34-12+;;;;. The van der Waals surface area contributed by atoms with E-state index >= 15 is 0 Å². The second kappa shape index (κ2) is 51.0. The van der Waals surface area contributed by atoms with E-state index < -0.39 is 7.60 Å². The number of ether oxygens (including phenoxy) is 5. The molecular weight excluding hydrogens is 1660 g/mol. The van der Waals surface area contributed by atoms with Crippen LogP contribution in [0.2, 0.25) is 0 Å². The molecule has 0 aliphatic carbocycles. The molecule has 14 rings (SSSR count). The second-order valence-corrected chi connectivity index (χ2v) is 33.9. The number of methoxy groups -OCH3 is 4. The van der Waals surface area contributed by atoms with Gasteiger partial charge in [0, 0.05) is 88.8 Å². The fraction of sp³-hybridized carbons (Fsp3) is 0.202. The molecule has 0 aliphatic rings. The lowest BCUT2D eigenvalue weighted by Crippen LogP contribution is -2.10. The van der Waals surface area contributed by atoms with Crippen LogP contribution >= 0.6 is 50.3 Å². The number of aliphatic hydroxyl groups excluding tert-OH is 2. The van der Waals surface area contributed by atoms with Gasteiger partial charge in [-0.2, -0.15) is 0 Å². The Kier molecular flexibility index (Phi) is 39.0. The van der Waals surface area contributed by atoms with E-state index in [9.17, 15) is 24.1 Å². The number of hydrogen-bond donors (Lipinski definition) is 2. The predicted octanol–water partition coefficient (Wildman–Crippen LogP) is 29.6. The average Bonchev–Trinajstić information content (AvgIpc) is 1.58. The zero-order chi connectivity index (χ0) is 88.6. The molecule has 16 nitrogen and oxygen atoms in total. The molecule has 0 radical (unpaired) electrons. The highest BCUT2D eigenvalue weighted by Crippen LogP contribution is 2.51. The normalized spacial score (nSPS) is 11.0.